The number of ketones is 1. The summed E-state index contributed by atoms with van der Waals surface area (Å²) in [6.07, 6.45) is 3.19. The molecule has 33 heavy (non-hydrogen) atoms. The number of amides is 1. The molecule has 1 saturated heterocycles. The van der Waals surface area contributed by atoms with Crippen LogP contribution in [0.15, 0.2) is 72.6 Å². The van der Waals surface area contributed by atoms with Crippen LogP contribution < -0.4 is 4.74 Å². The molecule has 3 aromatic rings. The van der Waals surface area contributed by atoms with Crippen molar-refractivity contribution in [2.75, 3.05) is 6.61 Å². The van der Waals surface area contributed by atoms with E-state index in [1.807, 2.05) is 0 Å². The van der Waals surface area contributed by atoms with Crippen LogP contribution in [0, 0.1) is 0 Å². The summed E-state index contributed by atoms with van der Waals surface area (Å²) in [5.74, 6) is -1.59. The number of aliphatic hydroxyl groups is 1. The van der Waals surface area contributed by atoms with E-state index in [1.54, 1.807) is 55.7 Å². The lowest BCUT2D eigenvalue weighted by atomic mass is 9.95. The summed E-state index contributed by atoms with van der Waals surface area (Å²) in [5.41, 5.74) is 1.46. The van der Waals surface area contributed by atoms with E-state index >= 15 is 0 Å². The molecule has 2 N–H and O–H groups in total. The van der Waals surface area contributed by atoms with Crippen LogP contribution in [0.1, 0.15) is 29.7 Å². The molecule has 7 nitrogen and oxygen atoms in total. The van der Waals surface area contributed by atoms with Crippen LogP contribution in [-0.4, -0.2) is 38.4 Å². The number of carbonyl (C=O) groups excluding carboxylic acids is 2. The third-order valence-corrected chi connectivity index (χ3v) is 5.64. The number of pyridine rings is 1. The van der Waals surface area contributed by atoms with Crippen molar-refractivity contribution in [2.45, 2.75) is 19.5 Å². The molecular formula is C25H21ClN2O5. The quantitative estimate of drug-likeness (QED) is 0.317. The van der Waals surface area contributed by atoms with Gasteiger partial charge in [-0.15, -0.1) is 0 Å². The van der Waals surface area contributed by atoms with Gasteiger partial charge in [-0.25, -0.2) is 0 Å². The maximum atomic E-state index is 13.1. The summed E-state index contributed by atoms with van der Waals surface area (Å²) in [7, 11) is 0. The molecule has 1 fully saturated rings. The smallest absolute Gasteiger partial charge is 0.295 e. The molecule has 1 amide bonds. The van der Waals surface area contributed by atoms with Gasteiger partial charge in [0.15, 0.2) is 0 Å². The number of carbonyl (C=O) groups is 2. The van der Waals surface area contributed by atoms with Gasteiger partial charge >= 0.3 is 0 Å². The maximum absolute atomic E-state index is 13.1. The normalized spacial score (nSPS) is 17.4. The van der Waals surface area contributed by atoms with Crippen molar-refractivity contribution in [2.24, 2.45) is 0 Å². The minimum atomic E-state index is -0.906. The first-order valence-electron chi connectivity index (χ1n) is 10.3. The number of likely N-dealkylation sites (tertiary alicyclic amines) is 1. The molecule has 0 aliphatic carbocycles. The number of aromatic hydroxyl groups is 1. The number of Topliss-reactive ketones (excluding diaryl/α,β-unsaturated/α-hetero) is 1. The van der Waals surface area contributed by atoms with Gasteiger partial charge in [-0.3, -0.25) is 14.6 Å². The lowest BCUT2D eigenvalue weighted by molar-refractivity contribution is -0.140. The van der Waals surface area contributed by atoms with Crippen LogP contribution in [-0.2, 0) is 16.1 Å². The third-order valence-electron chi connectivity index (χ3n) is 5.33. The second-order valence-corrected chi connectivity index (χ2v) is 7.86. The fourth-order valence-electron chi connectivity index (χ4n) is 3.84. The van der Waals surface area contributed by atoms with Gasteiger partial charge in [-0.2, -0.15) is 0 Å². The van der Waals surface area contributed by atoms with Gasteiger partial charge in [-0.05, 0) is 60.5 Å². The maximum Gasteiger partial charge on any atom is 0.295 e. The van der Waals surface area contributed by atoms with Gasteiger partial charge in [0.25, 0.3) is 11.7 Å². The first kappa shape index (κ1) is 22.4. The number of halogens is 1. The van der Waals surface area contributed by atoms with Crippen molar-refractivity contribution in [1.82, 2.24) is 9.88 Å². The molecule has 2 aromatic carbocycles. The van der Waals surface area contributed by atoms with Crippen LogP contribution in [0.5, 0.6) is 11.5 Å². The fraction of sp³-hybridized carbons (Fsp3) is 0.160. The summed E-state index contributed by atoms with van der Waals surface area (Å²) in [4.78, 5) is 31.5. The molecule has 1 aliphatic heterocycles. The Morgan fingerprint density at radius 2 is 1.88 bits per heavy atom. The van der Waals surface area contributed by atoms with Crippen LogP contribution in [0.3, 0.4) is 0 Å². The molecule has 0 spiro atoms. The number of phenolic OH excluding ortho intramolecular Hbond substituents is 1. The predicted octanol–water partition coefficient (Wildman–Crippen LogP) is 4.46. The topological polar surface area (TPSA) is 100.0 Å². The Hall–Kier alpha value is -3.84. The highest BCUT2D eigenvalue weighted by Crippen LogP contribution is 2.41. The van der Waals surface area contributed by atoms with Crippen molar-refractivity contribution in [3.05, 3.63) is 94.3 Å². The molecule has 168 valence electrons. The number of ether oxygens (including phenoxy) is 1. The highest BCUT2D eigenvalue weighted by molar-refractivity contribution is 6.46. The first-order chi connectivity index (χ1) is 15.9. The largest absolute Gasteiger partial charge is 0.508 e. The molecule has 0 radical (unpaired) electrons. The predicted molar refractivity (Wildman–Crippen MR) is 123 cm³/mol. The van der Waals surface area contributed by atoms with E-state index in [-0.39, 0.29) is 29.2 Å². The summed E-state index contributed by atoms with van der Waals surface area (Å²) in [5, 5.41) is 21.6. The van der Waals surface area contributed by atoms with Gasteiger partial charge in [0.2, 0.25) is 0 Å². The molecular weight excluding hydrogens is 444 g/mol. The zero-order valence-electron chi connectivity index (χ0n) is 17.7. The minimum Gasteiger partial charge on any atom is -0.508 e. The summed E-state index contributed by atoms with van der Waals surface area (Å²) in [6.45, 7) is 2.29. The van der Waals surface area contributed by atoms with E-state index in [0.29, 0.717) is 22.9 Å². The molecule has 1 atom stereocenters. The lowest BCUT2D eigenvalue weighted by Crippen LogP contribution is -2.29. The number of aromatic nitrogens is 1. The lowest BCUT2D eigenvalue weighted by Gasteiger charge is -2.25. The van der Waals surface area contributed by atoms with E-state index in [4.69, 9.17) is 16.3 Å². The molecule has 1 unspecified atom stereocenters. The van der Waals surface area contributed by atoms with Gasteiger partial charge in [0.1, 0.15) is 17.3 Å². The Labute approximate surface area is 195 Å². The number of hydrogen-bond acceptors (Lipinski definition) is 6. The summed E-state index contributed by atoms with van der Waals surface area (Å²) < 4.78 is 5.50. The zero-order chi connectivity index (χ0) is 23.5. The number of nitrogens with zero attached hydrogens (tertiary/aromatic N) is 2. The highest BCUT2D eigenvalue weighted by Gasteiger charge is 2.46. The van der Waals surface area contributed by atoms with E-state index in [9.17, 15) is 19.8 Å². The zero-order valence-corrected chi connectivity index (χ0v) is 18.5. The number of aliphatic hydroxyl groups excluding tert-OH is 1. The minimum absolute atomic E-state index is 0.0212. The standard InChI is InChI=1S/C25H21ClN2O5/c1-2-33-20-13-17(6-7-19(20)26)23(30)21-22(16-4-3-5-18(29)12-16)28(25(32)24(21)31)14-15-8-10-27-11-9-15/h3-13,22,29-30H,2,14H2,1H3/b23-21-. The van der Waals surface area contributed by atoms with Crippen LogP contribution in [0.4, 0.5) is 0 Å². The molecule has 1 aliphatic rings. The van der Waals surface area contributed by atoms with Gasteiger partial charge in [0.05, 0.1) is 23.2 Å². The van der Waals surface area contributed by atoms with Gasteiger partial charge < -0.3 is 19.8 Å². The monoisotopic (exact) mass is 464 g/mol. The van der Waals surface area contributed by atoms with Crippen molar-refractivity contribution in [3.8, 4) is 11.5 Å². The third kappa shape index (κ3) is 4.40. The second kappa shape index (κ2) is 9.34. The number of benzene rings is 2. The van der Waals surface area contributed by atoms with Crippen molar-refractivity contribution in [3.63, 3.8) is 0 Å². The van der Waals surface area contributed by atoms with E-state index in [0.717, 1.165) is 5.56 Å². The highest BCUT2D eigenvalue weighted by atomic mass is 35.5. The van der Waals surface area contributed by atoms with Crippen molar-refractivity contribution < 1.29 is 24.5 Å². The Kier molecular flexibility index (Phi) is 6.33. The Morgan fingerprint density at radius 3 is 2.58 bits per heavy atom. The fourth-order valence-corrected chi connectivity index (χ4v) is 4.01. The van der Waals surface area contributed by atoms with Crippen LogP contribution in [0.2, 0.25) is 5.02 Å². The average Bonchev–Trinajstić information content (AvgIpc) is 3.06. The molecule has 1 aromatic heterocycles. The van der Waals surface area contributed by atoms with Crippen molar-refractivity contribution >= 4 is 29.1 Å². The van der Waals surface area contributed by atoms with Crippen LogP contribution >= 0.6 is 11.6 Å². The summed E-state index contributed by atoms with van der Waals surface area (Å²) in [6, 6.07) is 13.5. The number of rotatable bonds is 6. The number of hydrogen-bond donors (Lipinski definition) is 2. The number of phenols is 1. The van der Waals surface area contributed by atoms with Gasteiger partial charge in [-0.1, -0.05) is 23.7 Å². The van der Waals surface area contributed by atoms with Gasteiger partial charge in [0, 0.05) is 24.5 Å². The molecule has 0 saturated carbocycles. The average molecular weight is 465 g/mol. The second-order valence-electron chi connectivity index (χ2n) is 7.46. The Bertz CT molecular complexity index is 1240. The molecule has 0 bridgehead atoms. The summed E-state index contributed by atoms with van der Waals surface area (Å²) >= 11 is 6.16. The van der Waals surface area contributed by atoms with Crippen molar-refractivity contribution in [1.29, 1.82) is 0 Å². The Morgan fingerprint density at radius 1 is 1.12 bits per heavy atom. The van der Waals surface area contributed by atoms with E-state index < -0.39 is 17.7 Å². The Balaban J connectivity index is 1.87. The van der Waals surface area contributed by atoms with E-state index in [1.165, 1.54) is 23.1 Å². The molecule has 4 rings (SSSR count). The molecule has 2 heterocycles. The van der Waals surface area contributed by atoms with Crippen LogP contribution in [0.25, 0.3) is 5.76 Å². The first-order valence-corrected chi connectivity index (χ1v) is 10.7. The SMILES string of the molecule is CCOc1cc(/C(O)=C2/C(=O)C(=O)N(Cc3ccncc3)C2c2cccc(O)c2)ccc1Cl. The van der Waals surface area contributed by atoms with E-state index in [2.05, 4.69) is 4.98 Å². The molecule has 8 heteroatoms.